The van der Waals surface area contributed by atoms with Crippen molar-refractivity contribution in [3.8, 4) is 0 Å². The zero-order valence-corrected chi connectivity index (χ0v) is 6.46. The normalized spacial score (nSPS) is 21.9. The molecule has 1 aliphatic rings. The highest BCUT2D eigenvalue weighted by atomic mass is 16.5. The lowest BCUT2D eigenvalue weighted by Crippen LogP contribution is -2.31. The van der Waals surface area contributed by atoms with Crippen LogP contribution in [0.4, 0.5) is 4.79 Å². The molecule has 3 heteroatoms. The number of hydrogen-bond donors (Lipinski definition) is 1. The molecule has 0 saturated carbocycles. The Morgan fingerprint density at radius 2 is 2.64 bits per heavy atom. The Hall–Kier alpha value is -1.25. The average Bonchev–Trinajstić information content (AvgIpc) is 2.35. The predicted molar refractivity (Wildman–Crippen MR) is 42.2 cm³/mol. The molecular formula is C8H11NO2. The molecule has 1 aliphatic carbocycles. The third-order valence-electron chi connectivity index (χ3n) is 1.53. The fourth-order valence-corrected chi connectivity index (χ4v) is 0.980. The number of ether oxygens (including phenoxy) is 1. The van der Waals surface area contributed by atoms with Gasteiger partial charge in [-0.1, -0.05) is 24.3 Å². The van der Waals surface area contributed by atoms with Gasteiger partial charge in [-0.3, -0.25) is 0 Å². The molecule has 0 saturated heterocycles. The van der Waals surface area contributed by atoms with Crippen molar-refractivity contribution in [1.82, 2.24) is 5.32 Å². The first-order valence-corrected chi connectivity index (χ1v) is 3.43. The molecule has 3 nitrogen and oxygen atoms in total. The number of hydrogen-bond acceptors (Lipinski definition) is 2. The van der Waals surface area contributed by atoms with E-state index in [2.05, 4.69) is 16.6 Å². The molecule has 0 bridgehead atoms. The summed E-state index contributed by atoms with van der Waals surface area (Å²) in [5.41, 5.74) is 1.03. The van der Waals surface area contributed by atoms with E-state index in [1.807, 2.05) is 12.2 Å². The molecule has 60 valence electrons. The van der Waals surface area contributed by atoms with E-state index in [0.717, 1.165) is 12.0 Å². The third-order valence-corrected chi connectivity index (χ3v) is 1.53. The Morgan fingerprint density at radius 3 is 3.09 bits per heavy atom. The second kappa shape index (κ2) is 3.23. The molecule has 1 unspecified atom stereocenters. The summed E-state index contributed by atoms with van der Waals surface area (Å²) >= 11 is 0. The Labute approximate surface area is 65.7 Å². The van der Waals surface area contributed by atoms with Gasteiger partial charge in [0.25, 0.3) is 0 Å². The minimum absolute atomic E-state index is 0.0648. The summed E-state index contributed by atoms with van der Waals surface area (Å²) in [7, 11) is 1.35. The van der Waals surface area contributed by atoms with Crippen LogP contribution in [0.25, 0.3) is 0 Å². The fraction of sp³-hybridized carbons (Fsp3) is 0.375. The van der Waals surface area contributed by atoms with Crippen molar-refractivity contribution in [2.75, 3.05) is 7.11 Å². The summed E-state index contributed by atoms with van der Waals surface area (Å²) in [4.78, 5) is 10.7. The number of amides is 1. The van der Waals surface area contributed by atoms with Gasteiger partial charge in [0.15, 0.2) is 0 Å². The highest BCUT2D eigenvalue weighted by Crippen LogP contribution is 2.13. The number of allylic oxidation sites excluding steroid dienone is 1. The van der Waals surface area contributed by atoms with Gasteiger partial charge in [-0.05, 0) is 6.42 Å². The Morgan fingerprint density at radius 1 is 1.91 bits per heavy atom. The standard InChI is InChI=1S/C8H11NO2/c1-6-3-4-7(5-6)9-8(10)11-2/h3-4,7H,1,5H2,2H3,(H,9,10). The number of carbonyl (C=O) groups is 1. The van der Waals surface area contributed by atoms with E-state index in [1.165, 1.54) is 7.11 Å². The van der Waals surface area contributed by atoms with Crippen molar-refractivity contribution >= 4 is 6.09 Å². The summed E-state index contributed by atoms with van der Waals surface area (Å²) in [6.45, 7) is 3.76. The second-order valence-corrected chi connectivity index (χ2v) is 2.46. The highest BCUT2D eigenvalue weighted by Gasteiger charge is 2.13. The Kier molecular flexibility index (Phi) is 2.31. The van der Waals surface area contributed by atoms with Crippen molar-refractivity contribution in [2.45, 2.75) is 12.5 Å². The molecule has 1 atom stereocenters. The average molecular weight is 153 g/mol. The summed E-state index contributed by atoms with van der Waals surface area (Å²) in [6, 6.07) is 0.0648. The fourth-order valence-electron chi connectivity index (χ4n) is 0.980. The molecule has 0 spiro atoms. The first kappa shape index (κ1) is 7.85. The smallest absolute Gasteiger partial charge is 0.407 e. The minimum Gasteiger partial charge on any atom is -0.453 e. The zero-order valence-electron chi connectivity index (χ0n) is 6.46. The lowest BCUT2D eigenvalue weighted by atomic mass is 10.2. The molecule has 1 N–H and O–H groups in total. The molecule has 1 amide bonds. The van der Waals surface area contributed by atoms with E-state index in [-0.39, 0.29) is 6.04 Å². The SMILES string of the molecule is C=C1C=CC(NC(=O)OC)C1. The molecule has 0 fully saturated rings. The van der Waals surface area contributed by atoms with Crippen LogP contribution in [0.15, 0.2) is 24.3 Å². The third kappa shape index (κ3) is 2.11. The van der Waals surface area contributed by atoms with Gasteiger partial charge in [-0.15, -0.1) is 0 Å². The molecule has 11 heavy (non-hydrogen) atoms. The molecule has 0 heterocycles. The summed E-state index contributed by atoms with van der Waals surface area (Å²) in [5, 5.41) is 2.65. The van der Waals surface area contributed by atoms with Crippen LogP contribution in [0.1, 0.15) is 6.42 Å². The number of alkyl carbamates (subject to hydrolysis) is 1. The van der Waals surface area contributed by atoms with Crippen LogP contribution < -0.4 is 5.32 Å². The molecule has 1 rings (SSSR count). The van der Waals surface area contributed by atoms with E-state index in [9.17, 15) is 4.79 Å². The predicted octanol–water partition coefficient (Wildman–Crippen LogP) is 1.23. The largest absolute Gasteiger partial charge is 0.453 e. The van der Waals surface area contributed by atoms with Crippen LogP contribution in [-0.2, 0) is 4.74 Å². The van der Waals surface area contributed by atoms with Crippen molar-refractivity contribution < 1.29 is 9.53 Å². The van der Waals surface area contributed by atoms with Gasteiger partial charge < -0.3 is 10.1 Å². The highest BCUT2D eigenvalue weighted by molar-refractivity contribution is 5.68. The molecule has 0 aromatic carbocycles. The van der Waals surface area contributed by atoms with Crippen LogP contribution in [0.5, 0.6) is 0 Å². The number of rotatable bonds is 1. The zero-order chi connectivity index (χ0) is 8.27. The van der Waals surface area contributed by atoms with Crippen molar-refractivity contribution in [3.63, 3.8) is 0 Å². The van der Waals surface area contributed by atoms with Crippen LogP contribution in [-0.4, -0.2) is 19.2 Å². The lowest BCUT2D eigenvalue weighted by molar-refractivity contribution is 0.169. The Bertz CT molecular complexity index is 208. The summed E-state index contributed by atoms with van der Waals surface area (Å²) < 4.78 is 4.43. The maximum Gasteiger partial charge on any atom is 0.407 e. The van der Waals surface area contributed by atoms with E-state index in [4.69, 9.17) is 0 Å². The van der Waals surface area contributed by atoms with Gasteiger partial charge in [0.2, 0.25) is 0 Å². The van der Waals surface area contributed by atoms with E-state index in [0.29, 0.717) is 0 Å². The van der Waals surface area contributed by atoms with Crippen LogP contribution in [0, 0.1) is 0 Å². The first-order chi connectivity index (χ1) is 5.22. The number of carbonyl (C=O) groups excluding carboxylic acids is 1. The summed E-state index contributed by atoms with van der Waals surface area (Å²) in [6.07, 6.45) is 4.20. The van der Waals surface area contributed by atoms with E-state index < -0.39 is 6.09 Å². The van der Waals surface area contributed by atoms with Crippen molar-refractivity contribution in [3.05, 3.63) is 24.3 Å². The van der Waals surface area contributed by atoms with Gasteiger partial charge in [0, 0.05) is 0 Å². The molecule has 0 aromatic heterocycles. The number of methoxy groups -OCH3 is 1. The van der Waals surface area contributed by atoms with Crippen molar-refractivity contribution in [1.29, 1.82) is 0 Å². The molecular weight excluding hydrogens is 142 g/mol. The van der Waals surface area contributed by atoms with Crippen LogP contribution in [0.3, 0.4) is 0 Å². The van der Waals surface area contributed by atoms with E-state index in [1.54, 1.807) is 0 Å². The van der Waals surface area contributed by atoms with Gasteiger partial charge in [-0.2, -0.15) is 0 Å². The maximum atomic E-state index is 10.7. The second-order valence-electron chi connectivity index (χ2n) is 2.46. The topological polar surface area (TPSA) is 38.3 Å². The van der Waals surface area contributed by atoms with E-state index >= 15 is 0 Å². The monoisotopic (exact) mass is 153 g/mol. The number of nitrogens with one attached hydrogen (secondary N) is 1. The van der Waals surface area contributed by atoms with Crippen molar-refractivity contribution in [2.24, 2.45) is 0 Å². The minimum atomic E-state index is -0.394. The lowest BCUT2D eigenvalue weighted by Gasteiger charge is -2.08. The van der Waals surface area contributed by atoms with Gasteiger partial charge in [-0.25, -0.2) is 4.79 Å². The molecule has 0 aromatic rings. The van der Waals surface area contributed by atoms with Gasteiger partial charge in [0.1, 0.15) is 0 Å². The molecule has 0 aliphatic heterocycles. The van der Waals surface area contributed by atoms with Gasteiger partial charge in [0.05, 0.1) is 13.2 Å². The Balaban J connectivity index is 2.35. The maximum absolute atomic E-state index is 10.7. The van der Waals surface area contributed by atoms with Crippen LogP contribution >= 0.6 is 0 Å². The van der Waals surface area contributed by atoms with Crippen LogP contribution in [0.2, 0.25) is 0 Å². The summed E-state index contributed by atoms with van der Waals surface area (Å²) in [5.74, 6) is 0. The quantitative estimate of drug-likeness (QED) is 0.615. The van der Waals surface area contributed by atoms with Gasteiger partial charge >= 0.3 is 6.09 Å². The molecule has 0 radical (unpaired) electrons. The first-order valence-electron chi connectivity index (χ1n) is 3.43.